The summed E-state index contributed by atoms with van der Waals surface area (Å²) in [7, 11) is -4.52. The molecule has 2 atom stereocenters. The monoisotopic (exact) mass is 525 g/mol. The zero-order valence-corrected chi connectivity index (χ0v) is 22.9. The van der Waals surface area contributed by atoms with E-state index >= 15 is 0 Å². The third kappa shape index (κ3) is 5.17. The molecule has 192 valence electrons. The Morgan fingerprint density at radius 3 is 2.33 bits per heavy atom. The van der Waals surface area contributed by atoms with E-state index in [0.717, 1.165) is 46.8 Å². The van der Waals surface area contributed by atoms with E-state index in [9.17, 15) is 13.0 Å². The molecule has 3 aromatic rings. The summed E-state index contributed by atoms with van der Waals surface area (Å²) in [5.74, 6) is 0.162. The second-order valence-electron chi connectivity index (χ2n) is 9.43. The van der Waals surface area contributed by atoms with Crippen LogP contribution in [0.2, 0.25) is 0 Å². The maximum absolute atomic E-state index is 13.1. The van der Waals surface area contributed by atoms with E-state index in [1.807, 2.05) is 19.1 Å². The number of anilines is 2. The zero-order chi connectivity index (χ0) is 25.8. The molecule has 2 unspecified atom stereocenters. The summed E-state index contributed by atoms with van der Waals surface area (Å²) in [6.45, 7) is 6.21. The highest BCUT2D eigenvalue weighted by molar-refractivity contribution is 7.99. The number of para-hydroxylation sites is 1. The summed E-state index contributed by atoms with van der Waals surface area (Å²) in [5.41, 5.74) is 3.42. The molecule has 0 radical (unpaired) electrons. The number of aromatic nitrogens is 2. The van der Waals surface area contributed by atoms with Crippen LogP contribution in [0, 0.1) is 0 Å². The van der Waals surface area contributed by atoms with Gasteiger partial charge in [-0.05, 0) is 61.6 Å². The molecule has 0 aliphatic carbocycles. The van der Waals surface area contributed by atoms with Gasteiger partial charge in [-0.25, -0.2) is 9.97 Å². The molecule has 2 aromatic carbocycles. The zero-order valence-electron chi connectivity index (χ0n) is 21.2. The normalized spacial score (nSPS) is 15.6. The van der Waals surface area contributed by atoms with E-state index in [1.165, 1.54) is 5.56 Å². The molecular weight excluding hydrogens is 490 g/mol. The van der Waals surface area contributed by atoms with Crippen molar-refractivity contribution in [1.82, 2.24) is 9.97 Å². The Morgan fingerprint density at radius 1 is 0.944 bits per heavy atom. The fourth-order valence-electron chi connectivity index (χ4n) is 5.30. The molecule has 4 rings (SSSR count). The van der Waals surface area contributed by atoms with E-state index < -0.39 is 14.9 Å². The van der Waals surface area contributed by atoms with E-state index in [2.05, 4.69) is 59.0 Å². The maximum Gasteiger partial charge on any atom is 0.278 e. The standard InChI is InChI=1S/C28H35N3O3S2/c1-4-10-21-14-15-26-24(19-21)31(23-12-7-8-13-25(23)35-26)22(11-5-2)20-28(16-6-3,36(32,33)34)27-29-17-9-18-30-27/h7-9,12-15,17-19,22H,4-6,10-11,16,20H2,1-3H3,(H,32,33,34). The Balaban J connectivity index is 1.90. The van der Waals surface area contributed by atoms with Crippen LogP contribution in [-0.2, 0) is 21.3 Å². The Morgan fingerprint density at radius 2 is 1.67 bits per heavy atom. The predicted molar refractivity (Wildman–Crippen MR) is 147 cm³/mol. The summed E-state index contributed by atoms with van der Waals surface area (Å²) < 4.78 is 35.4. The molecular formula is C28H35N3O3S2. The number of benzene rings is 2. The average molecular weight is 526 g/mol. The molecule has 1 aromatic heterocycles. The van der Waals surface area contributed by atoms with Gasteiger partial charge in [0.15, 0.2) is 10.6 Å². The van der Waals surface area contributed by atoms with Crippen LogP contribution in [0.4, 0.5) is 11.4 Å². The van der Waals surface area contributed by atoms with Gasteiger partial charge in [-0.1, -0.05) is 70.0 Å². The molecule has 1 aliphatic rings. The number of nitrogens with zero attached hydrogens (tertiary/aromatic N) is 3. The first-order valence-electron chi connectivity index (χ1n) is 12.8. The van der Waals surface area contributed by atoms with Gasteiger partial charge in [0.2, 0.25) is 0 Å². The third-order valence-corrected chi connectivity index (χ3v) is 9.51. The lowest BCUT2D eigenvalue weighted by atomic mass is 9.89. The minimum Gasteiger partial charge on any atom is -0.336 e. The van der Waals surface area contributed by atoms with Crippen LogP contribution in [-0.4, -0.2) is 29.0 Å². The summed E-state index contributed by atoms with van der Waals surface area (Å²) in [5, 5.41) is 0. The van der Waals surface area contributed by atoms with Crippen molar-refractivity contribution >= 4 is 33.3 Å². The lowest BCUT2D eigenvalue weighted by Crippen LogP contribution is -2.45. The van der Waals surface area contributed by atoms with Gasteiger partial charge in [-0.2, -0.15) is 8.42 Å². The molecule has 0 amide bonds. The van der Waals surface area contributed by atoms with E-state index in [4.69, 9.17) is 0 Å². The van der Waals surface area contributed by atoms with Crippen molar-refractivity contribution in [2.75, 3.05) is 4.90 Å². The van der Waals surface area contributed by atoms with Gasteiger partial charge in [0.25, 0.3) is 10.1 Å². The van der Waals surface area contributed by atoms with Gasteiger partial charge in [0.05, 0.1) is 11.4 Å². The van der Waals surface area contributed by atoms with Gasteiger partial charge in [-0.15, -0.1) is 0 Å². The second kappa shape index (κ2) is 11.3. The fraction of sp³-hybridized carbons (Fsp3) is 0.429. The first-order chi connectivity index (χ1) is 17.3. The highest BCUT2D eigenvalue weighted by Gasteiger charge is 2.49. The lowest BCUT2D eigenvalue weighted by molar-refractivity contribution is 0.352. The van der Waals surface area contributed by atoms with Gasteiger partial charge in [0.1, 0.15) is 0 Å². The highest BCUT2D eigenvalue weighted by Crippen LogP contribution is 2.51. The molecule has 0 fully saturated rings. The Kier molecular flexibility index (Phi) is 8.37. The summed E-state index contributed by atoms with van der Waals surface area (Å²) in [6, 6.07) is 16.4. The van der Waals surface area contributed by atoms with Crippen LogP contribution < -0.4 is 4.90 Å². The van der Waals surface area contributed by atoms with Gasteiger partial charge in [0, 0.05) is 28.2 Å². The van der Waals surface area contributed by atoms with Crippen LogP contribution in [0.15, 0.2) is 70.7 Å². The van der Waals surface area contributed by atoms with Crippen molar-refractivity contribution in [3.63, 3.8) is 0 Å². The molecule has 0 saturated carbocycles. The largest absolute Gasteiger partial charge is 0.336 e. The Labute approximate surface area is 219 Å². The Bertz CT molecular complexity index is 1280. The number of aryl methyl sites for hydroxylation is 1. The van der Waals surface area contributed by atoms with Crippen molar-refractivity contribution in [3.8, 4) is 0 Å². The lowest BCUT2D eigenvalue weighted by Gasteiger charge is -2.42. The Hall–Kier alpha value is -2.42. The summed E-state index contributed by atoms with van der Waals surface area (Å²) in [4.78, 5) is 13.3. The smallest absolute Gasteiger partial charge is 0.278 e. The number of rotatable bonds is 11. The first-order valence-corrected chi connectivity index (χ1v) is 15.0. The molecule has 36 heavy (non-hydrogen) atoms. The first kappa shape index (κ1) is 26.6. The van der Waals surface area contributed by atoms with Gasteiger partial charge in [-0.3, -0.25) is 4.55 Å². The van der Waals surface area contributed by atoms with Gasteiger partial charge >= 0.3 is 0 Å². The number of fused-ring (bicyclic) bond motifs is 2. The average Bonchev–Trinajstić information content (AvgIpc) is 2.87. The SMILES string of the molecule is CCCc1ccc2c(c1)N(C(CCC)CC(CCC)(c1ncccn1)S(=O)(=O)O)c1ccccc1S2. The molecule has 1 aliphatic heterocycles. The van der Waals surface area contributed by atoms with Crippen molar-refractivity contribution in [2.45, 2.75) is 86.3 Å². The minimum absolute atomic E-state index is 0.162. The van der Waals surface area contributed by atoms with Crippen molar-refractivity contribution in [3.05, 3.63) is 72.3 Å². The molecule has 1 N–H and O–H groups in total. The molecule has 2 heterocycles. The predicted octanol–water partition coefficient (Wildman–Crippen LogP) is 7.17. The maximum atomic E-state index is 13.1. The van der Waals surface area contributed by atoms with E-state index in [1.54, 1.807) is 30.2 Å². The number of hydrogen-bond acceptors (Lipinski definition) is 6. The van der Waals surface area contributed by atoms with Crippen molar-refractivity contribution < 1.29 is 13.0 Å². The van der Waals surface area contributed by atoms with Crippen LogP contribution in [0.25, 0.3) is 0 Å². The molecule has 8 heteroatoms. The van der Waals surface area contributed by atoms with Crippen LogP contribution in [0.1, 0.15) is 70.7 Å². The summed E-state index contributed by atoms with van der Waals surface area (Å²) in [6.07, 6.45) is 7.74. The van der Waals surface area contributed by atoms with E-state index in [0.29, 0.717) is 6.42 Å². The third-order valence-electron chi connectivity index (χ3n) is 6.84. The van der Waals surface area contributed by atoms with E-state index in [-0.39, 0.29) is 24.7 Å². The van der Waals surface area contributed by atoms with Crippen LogP contribution in [0.3, 0.4) is 0 Å². The van der Waals surface area contributed by atoms with Crippen molar-refractivity contribution in [1.29, 1.82) is 0 Å². The molecule has 0 spiro atoms. The molecule has 0 bridgehead atoms. The quantitative estimate of drug-likeness (QED) is 0.266. The minimum atomic E-state index is -4.52. The molecule has 0 saturated heterocycles. The van der Waals surface area contributed by atoms with Crippen LogP contribution >= 0.6 is 11.8 Å². The van der Waals surface area contributed by atoms with Crippen LogP contribution in [0.5, 0.6) is 0 Å². The van der Waals surface area contributed by atoms with Gasteiger partial charge < -0.3 is 4.90 Å². The fourth-order valence-corrected chi connectivity index (χ4v) is 7.55. The molecule has 6 nitrogen and oxygen atoms in total. The summed E-state index contributed by atoms with van der Waals surface area (Å²) >= 11 is 1.74. The topological polar surface area (TPSA) is 83.4 Å². The number of hydrogen-bond donors (Lipinski definition) is 1. The second-order valence-corrected chi connectivity index (χ2v) is 12.2. The highest BCUT2D eigenvalue weighted by atomic mass is 32.2. The van der Waals surface area contributed by atoms with Crippen molar-refractivity contribution in [2.24, 2.45) is 0 Å².